The minimum absolute atomic E-state index is 0.00725. The largest absolute Gasteiger partial charge is 0.389 e. The Morgan fingerprint density at radius 3 is 2.65 bits per heavy atom. The number of piperidine rings is 2. The molecular weight excluding hydrogens is 363 g/mol. The Bertz CT molecular complexity index is 716. The van der Waals surface area contributed by atoms with Gasteiger partial charge in [-0.3, -0.25) is 9.59 Å². The van der Waals surface area contributed by atoms with Gasteiger partial charge in [0.15, 0.2) is 0 Å². The van der Waals surface area contributed by atoms with Gasteiger partial charge in [0, 0.05) is 39.2 Å². The zero-order valence-electron chi connectivity index (χ0n) is 14.6. The van der Waals surface area contributed by atoms with Gasteiger partial charge < -0.3 is 19.6 Å². The van der Waals surface area contributed by atoms with Crippen LogP contribution < -0.4 is 0 Å². The predicted molar refractivity (Wildman–Crippen MR) is 93.4 cm³/mol. The third-order valence-corrected chi connectivity index (χ3v) is 5.67. The lowest BCUT2D eigenvalue weighted by molar-refractivity contribution is -0.148. The van der Waals surface area contributed by atoms with Crippen LogP contribution in [-0.2, 0) is 9.53 Å². The Labute approximate surface area is 156 Å². The summed E-state index contributed by atoms with van der Waals surface area (Å²) in [5.74, 6) is -1.29. The van der Waals surface area contributed by atoms with E-state index in [-0.39, 0.29) is 34.9 Å². The number of rotatable bonds is 3. The second-order valence-electron chi connectivity index (χ2n) is 6.95. The number of fused-ring (bicyclic) bond motifs is 1. The molecule has 142 valence electrons. The fourth-order valence-electron chi connectivity index (χ4n) is 3.76. The van der Waals surface area contributed by atoms with Crippen LogP contribution in [0.2, 0.25) is 5.02 Å². The molecule has 0 saturated carbocycles. The molecule has 2 amide bonds. The summed E-state index contributed by atoms with van der Waals surface area (Å²) < 4.78 is 18.4. The number of benzene rings is 1. The molecule has 2 atom stereocenters. The number of halogens is 2. The van der Waals surface area contributed by atoms with Crippen LogP contribution in [0.25, 0.3) is 0 Å². The second kappa shape index (κ2) is 7.50. The predicted octanol–water partition coefficient (Wildman–Crippen LogP) is 1.55. The van der Waals surface area contributed by atoms with Gasteiger partial charge in [-0.25, -0.2) is 4.39 Å². The van der Waals surface area contributed by atoms with Crippen LogP contribution in [0, 0.1) is 11.7 Å². The fourth-order valence-corrected chi connectivity index (χ4v) is 3.96. The average Bonchev–Trinajstić information content (AvgIpc) is 2.62. The van der Waals surface area contributed by atoms with Gasteiger partial charge in [0.1, 0.15) is 12.4 Å². The number of nitrogens with zero attached hydrogens (tertiary/aromatic N) is 2. The summed E-state index contributed by atoms with van der Waals surface area (Å²) in [5, 5.41) is 11.1. The molecule has 0 aliphatic carbocycles. The lowest BCUT2D eigenvalue weighted by atomic mass is 9.75. The molecule has 2 saturated heterocycles. The van der Waals surface area contributed by atoms with Gasteiger partial charge >= 0.3 is 0 Å². The highest BCUT2D eigenvalue weighted by Gasteiger charge is 2.46. The first-order valence-electron chi connectivity index (χ1n) is 8.57. The van der Waals surface area contributed by atoms with E-state index in [0.29, 0.717) is 39.0 Å². The van der Waals surface area contributed by atoms with E-state index >= 15 is 0 Å². The number of hydrogen-bond acceptors (Lipinski definition) is 4. The topological polar surface area (TPSA) is 70.1 Å². The summed E-state index contributed by atoms with van der Waals surface area (Å²) in [5.41, 5.74) is -0.785. The molecule has 0 spiro atoms. The Balaban J connectivity index is 1.74. The van der Waals surface area contributed by atoms with Gasteiger partial charge in [-0.1, -0.05) is 11.6 Å². The molecule has 1 aromatic rings. The number of ether oxygens (including phenoxy) is 1. The van der Waals surface area contributed by atoms with Crippen LogP contribution in [0.4, 0.5) is 4.39 Å². The minimum Gasteiger partial charge on any atom is -0.389 e. The maximum atomic E-state index is 13.5. The molecule has 0 radical (unpaired) electrons. The van der Waals surface area contributed by atoms with Gasteiger partial charge in [0.2, 0.25) is 5.91 Å². The summed E-state index contributed by atoms with van der Waals surface area (Å²) in [4.78, 5) is 28.1. The van der Waals surface area contributed by atoms with Crippen molar-refractivity contribution < 1.29 is 23.8 Å². The van der Waals surface area contributed by atoms with Crippen molar-refractivity contribution in [2.24, 2.45) is 5.92 Å². The molecule has 0 aromatic heterocycles. The molecule has 26 heavy (non-hydrogen) atoms. The molecule has 1 aromatic carbocycles. The van der Waals surface area contributed by atoms with E-state index in [1.54, 1.807) is 9.80 Å². The number of carbonyl (C=O) groups is 2. The lowest BCUT2D eigenvalue weighted by Crippen LogP contribution is -2.61. The lowest BCUT2D eigenvalue weighted by Gasteiger charge is -2.50. The molecule has 6 nitrogen and oxygen atoms in total. The van der Waals surface area contributed by atoms with Crippen molar-refractivity contribution in [1.82, 2.24) is 9.80 Å². The van der Waals surface area contributed by atoms with Crippen molar-refractivity contribution >= 4 is 23.4 Å². The third-order valence-electron chi connectivity index (χ3n) is 5.34. The van der Waals surface area contributed by atoms with E-state index in [1.807, 2.05) is 0 Å². The standard InChI is InChI=1S/C18H22ClFN2O4/c1-26-11-16(23)21-6-4-18(25)5-7-22(10-12(18)9-21)17(24)14-8-13(20)2-3-15(14)19/h2-3,8,12,25H,4-7,9-11H2,1H3/t12-,18-/m0/s1. The van der Waals surface area contributed by atoms with E-state index in [9.17, 15) is 19.1 Å². The van der Waals surface area contributed by atoms with Crippen molar-refractivity contribution in [3.63, 3.8) is 0 Å². The molecule has 8 heteroatoms. The number of aliphatic hydroxyl groups is 1. The highest BCUT2D eigenvalue weighted by atomic mass is 35.5. The van der Waals surface area contributed by atoms with E-state index < -0.39 is 11.4 Å². The van der Waals surface area contributed by atoms with Crippen LogP contribution in [0.3, 0.4) is 0 Å². The van der Waals surface area contributed by atoms with Crippen molar-refractivity contribution in [3.8, 4) is 0 Å². The minimum atomic E-state index is -0.896. The molecular formula is C18H22ClFN2O4. The molecule has 0 unspecified atom stereocenters. The molecule has 3 rings (SSSR count). The SMILES string of the molecule is COCC(=O)N1CC[C@]2(O)CCN(C(=O)c3cc(F)ccc3Cl)C[C@@H]2C1. The average molecular weight is 385 g/mol. The quantitative estimate of drug-likeness (QED) is 0.858. The van der Waals surface area contributed by atoms with Crippen molar-refractivity contribution in [1.29, 1.82) is 0 Å². The summed E-state index contributed by atoms with van der Waals surface area (Å²) in [6, 6.07) is 3.69. The van der Waals surface area contributed by atoms with Gasteiger partial charge in [-0.05, 0) is 31.0 Å². The molecule has 2 heterocycles. The Hall–Kier alpha value is -1.70. The normalized spacial score (nSPS) is 25.8. The summed E-state index contributed by atoms with van der Waals surface area (Å²) >= 11 is 6.04. The summed E-state index contributed by atoms with van der Waals surface area (Å²) in [6.45, 7) is 1.48. The van der Waals surface area contributed by atoms with E-state index in [1.165, 1.54) is 19.2 Å². The van der Waals surface area contributed by atoms with Crippen LogP contribution >= 0.6 is 11.6 Å². The second-order valence-corrected chi connectivity index (χ2v) is 7.36. The summed E-state index contributed by atoms with van der Waals surface area (Å²) in [6.07, 6.45) is 0.887. The first-order valence-corrected chi connectivity index (χ1v) is 8.95. The number of carbonyl (C=O) groups excluding carboxylic acids is 2. The molecule has 2 aliphatic rings. The van der Waals surface area contributed by atoms with E-state index in [0.717, 1.165) is 6.07 Å². The van der Waals surface area contributed by atoms with Gasteiger partial charge in [-0.2, -0.15) is 0 Å². The van der Waals surface area contributed by atoms with Gasteiger partial charge in [0.05, 0.1) is 16.2 Å². The van der Waals surface area contributed by atoms with E-state index in [4.69, 9.17) is 16.3 Å². The van der Waals surface area contributed by atoms with Crippen LogP contribution in [0.5, 0.6) is 0 Å². The van der Waals surface area contributed by atoms with E-state index in [2.05, 4.69) is 0 Å². The Morgan fingerprint density at radius 2 is 1.96 bits per heavy atom. The third kappa shape index (κ3) is 3.70. The van der Waals surface area contributed by atoms with Crippen LogP contribution in [0.15, 0.2) is 18.2 Å². The number of amides is 2. The summed E-state index contributed by atoms with van der Waals surface area (Å²) in [7, 11) is 1.46. The zero-order chi connectivity index (χ0) is 18.9. The maximum absolute atomic E-state index is 13.5. The number of hydrogen-bond donors (Lipinski definition) is 1. The van der Waals surface area contributed by atoms with Crippen molar-refractivity contribution in [2.75, 3.05) is 39.9 Å². The zero-order valence-corrected chi connectivity index (χ0v) is 15.3. The fraction of sp³-hybridized carbons (Fsp3) is 0.556. The smallest absolute Gasteiger partial charge is 0.255 e. The van der Waals surface area contributed by atoms with Crippen LogP contribution in [0.1, 0.15) is 23.2 Å². The highest BCUT2D eigenvalue weighted by Crippen LogP contribution is 2.36. The van der Waals surface area contributed by atoms with Crippen molar-refractivity contribution in [2.45, 2.75) is 18.4 Å². The molecule has 0 bridgehead atoms. The molecule has 1 N–H and O–H groups in total. The number of methoxy groups -OCH3 is 1. The Morgan fingerprint density at radius 1 is 1.31 bits per heavy atom. The molecule has 2 aliphatic heterocycles. The van der Waals surface area contributed by atoms with Gasteiger partial charge in [-0.15, -0.1) is 0 Å². The monoisotopic (exact) mass is 384 g/mol. The number of likely N-dealkylation sites (tertiary alicyclic amines) is 2. The highest BCUT2D eigenvalue weighted by molar-refractivity contribution is 6.33. The Kier molecular flexibility index (Phi) is 5.50. The first kappa shape index (κ1) is 19.1. The maximum Gasteiger partial charge on any atom is 0.255 e. The van der Waals surface area contributed by atoms with Gasteiger partial charge in [0.25, 0.3) is 5.91 Å². The molecule has 2 fully saturated rings. The van der Waals surface area contributed by atoms with Crippen LogP contribution in [-0.4, -0.2) is 72.2 Å². The first-order chi connectivity index (χ1) is 12.3. The van der Waals surface area contributed by atoms with Crippen molar-refractivity contribution in [3.05, 3.63) is 34.6 Å².